The Morgan fingerprint density at radius 2 is 1.64 bits per heavy atom. The summed E-state index contributed by atoms with van der Waals surface area (Å²) in [6, 6.07) is 22.9. The number of amides is 3. The molecule has 3 aliphatic rings. The van der Waals surface area contributed by atoms with E-state index in [-0.39, 0.29) is 30.8 Å². The van der Waals surface area contributed by atoms with E-state index in [1.165, 1.54) is 43.5 Å². The van der Waals surface area contributed by atoms with Crippen LogP contribution in [0.4, 0.5) is 33.5 Å². The molecular formula is C43H47LiN9O2-. The molecule has 0 unspecified atom stereocenters. The number of piperidine rings is 2. The molecule has 5 aromatic rings. The van der Waals surface area contributed by atoms with Gasteiger partial charge in [-0.25, -0.2) is 14.8 Å². The third-order valence-electron chi connectivity index (χ3n) is 11.3. The average molecular weight is 729 g/mol. The molecule has 3 aromatic carbocycles. The number of imide groups is 1. The van der Waals surface area contributed by atoms with Gasteiger partial charge in [0.05, 0.1) is 5.52 Å². The second-order valence-electron chi connectivity index (χ2n) is 14.7. The van der Waals surface area contributed by atoms with Gasteiger partial charge in [-0.05, 0) is 104 Å². The van der Waals surface area contributed by atoms with Crippen molar-refractivity contribution in [1.29, 1.82) is 0 Å². The molecule has 0 spiro atoms. The standard InChI is InChI=1S/C43H47N9O2.Li/c1-3-45-40-27-44-26-38(29(40)2)33-4-5-34-25-46-42(48-39(34)24-33)47-35-8-6-31(7-9-35)32-16-19-50(20-17-32)28-30-14-21-51(22-15-30)36-10-12-37(13-11-36)52-23-18-41(53)49-43(52)54;/h4-13,24-26,30,32,45H,1,3,14-23,28H2,2H3,(H,46,47,48)(H,49,53,54);/q-2;+1. The summed E-state index contributed by atoms with van der Waals surface area (Å²) < 4.78 is 0. The van der Waals surface area contributed by atoms with E-state index < -0.39 is 0 Å². The number of carbonyl (C=O) groups excluding carboxylic acids is 2. The predicted octanol–water partition coefficient (Wildman–Crippen LogP) is 4.34. The van der Waals surface area contributed by atoms with Gasteiger partial charge in [-0.15, -0.1) is 17.7 Å². The van der Waals surface area contributed by atoms with E-state index >= 15 is 0 Å². The summed E-state index contributed by atoms with van der Waals surface area (Å²) in [5, 5.41) is 10.0. The minimum absolute atomic E-state index is 0. The molecule has 0 aliphatic carbocycles. The summed E-state index contributed by atoms with van der Waals surface area (Å²) in [7, 11) is 0. The zero-order valence-electron chi connectivity index (χ0n) is 31.9. The van der Waals surface area contributed by atoms with Crippen LogP contribution in [0.25, 0.3) is 22.0 Å². The van der Waals surface area contributed by atoms with Crippen molar-refractivity contribution in [3.8, 4) is 11.1 Å². The molecule has 12 heteroatoms. The van der Waals surface area contributed by atoms with E-state index in [0.29, 0.717) is 37.3 Å². The van der Waals surface area contributed by atoms with Crippen molar-refractivity contribution in [3.05, 3.63) is 103 Å². The van der Waals surface area contributed by atoms with Crippen molar-refractivity contribution in [3.63, 3.8) is 0 Å². The van der Waals surface area contributed by atoms with Crippen molar-refractivity contribution in [2.45, 2.75) is 44.9 Å². The van der Waals surface area contributed by atoms with E-state index in [9.17, 15) is 9.59 Å². The summed E-state index contributed by atoms with van der Waals surface area (Å²) >= 11 is 0. The van der Waals surface area contributed by atoms with Crippen LogP contribution in [0.15, 0.2) is 79.1 Å². The molecule has 0 saturated carbocycles. The van der Waals surface area contributed by atoms with Crippen LogP contribution in [0.5, 0.6) is 0 Å². The summed E-state index contributed by atoms with van der Waals surface area (Å²) in [4.78, 5) is 44.2. The van der Waals surface area contributed by atoms with Crippen LogP contribution >= 0.6 is 0 Å². The molecular weight excluding hydrogens is 681 g/mol. The average Bonchev–Trinajstić information content (AvgIpc) is 3.20. The largest absolute Gasteiger partial charge is 1.00 e. The first kappa shape index (κ1) is 38.3. The van der Waals surface area contributed by atoms with Gasteiger partial charge < -0.3 is 32.3 Å². The Bertz CT molecular complexity index is 2110. The van der Waals surface area contributed by atoms with Crippen LogP contribution < -0.4 is 44.6 Å². The topological polar surface area (TPSA) is 119 Å². The Morgan fingerprint density at radius 1 is 0.891 bits per heavy atom. The minimum atomic E-state index is -0.341. The van der Waals surface area contributed by atoms with Crippen molar-refractivity contribution >= 4 is 51.5 Å². The van der Waals surface area contributed by atoms with Gasteiger partial charge in [-0.2, -0.15) is 0 Å². The number of rotatable bonds is 10. The zero-order chi connectivity index (χ0) is 37.0. The molecule has 0 radical (unpaired) electrons. The molecule has 11 nitrogen and oxygen atoms in total. The van der Waals surface area contributed by atoms with E-state index in [2.05, 4.69) is 110 Å². The fraction of sp³-hybridized carbons (Fsp3) is 0.349. The minimum Gasteiger partial charge on any atom is -0.435 e. The Kier molecular flexibility index (Phi) is 12.0. The quantitative estimate of drug-likeness (QED) is 0.143. The van der Waals surface area contributed by atoms with Crippen LogP contribution in [-0.4, -0.2) is 77.6 Å². The van der Waals surface area contributed by atoms with Gasteiger partial charge in [-0.3, -0.25) is 15.0 Å². The monoisotopic (exact) mass is 728 g/mol. The summed E-state index contributed by atoms with van der Waals surface area (Å²) in [6.07, 6.45) is 11.8. The first-order chi connectivity index (χ1) is 26.4. The van der Waals surface area contributed by atoms with E-state index in [0.717, 1.165) is 70.8 Å². The van der Waals surface area contributed by atoms with Crippen LogP contribution in [0.2, 0.25) is 0 Å². The fourth-order valence-electron chi connectivity index (χ4n) is 8.13. The molecule has 278 valence electrons. The maximum Gasteiger partial charge on any atom is 1.00 e. The Hall–Kier alpha value is -4.95. The number of fused-ring (bicyclic) bond motifs is 1. The molecule has 3 fully saturated rings. The van der Waals surface area contributed by atoms with Crippen molar-refractivity contribution < 1.29 is 28.4 Å². The Labute approximate surface area is 335 Å². The molecule has 2 aromatic heterocycles. The number of aromatic nitrogens is 3. The van der Waals surface area contributed by atoms with Crippen LogP contribution in [0.1, 0.15) is 49.1 Å². The Balaban J connectivity index is 0.00000465. The molecule has 0 bridgehead atoms. The first-order valence-corrected chi connectivity index (χ1v) is 19.1. The van der Waals surface area contributed by atoms with Crippen molar-refractivity contribution in [1.82, 2.24) is 25.2 Å². The molecule has 5 heterocycles. The molecule has 3 amide bonds. The zero-order valence-corrected chi connectivity index (χ0v) is 31.9. The molecule has 55 heavy (non-hydrogen) atoms. The molecule has 8 rings (SSSR count). The van der Waals surface area contributed by atoms with Gasteiger partial charge in [-0.1, -0.05) is 49.3 Å². The van der Waals surface area contributed by atoms with Gasteiger partial charge in [0.25, 0.3) is 0 Å². The first-order valence-electron chi connectivity index (χ1n) is 19.1. The van der Waals surface area contributed by atoms with Gasteiger partial charge in [0.15, 0.2) is 0 Å². The molecule has 0 atom stereocenters. The third kappa shape index (κ3) is 8.80. The van der Waals surface area contributed by atoms with Gasteiger partial charge in [0, 0.05) is 61.2 Å². The van der Waals surface area contributed by atoms with Crippen LogP contribution in [-0.2, 0) is 4.79 Å². The second kappa shape index (κ2) is 17.2. The van der Waals surface area contributed by atoms with Crippen molar-refractivity contribution in [2.75, 3.05) is 66.2 Å². The normalized spacial score (nSPS) is 17.2. The molecule has 3 aliphatic heterocycles. The van der Waals surface area contributed by atoms with Gasteiger partial charge in [0.1, 0.15) is 0 Å². The maximum absolute atomic E-state index is 12.2. The number of anilines is 5. The smallest absolute Gasteiger partial charge is 0.435 e. The second-order valence-corrected chi connectivity index (χ2v) is 14.7. The number of nitrogens with one attached hydrogen (secondary N) is 3. The number of urea groups is 1. The summed E-state index contributed by atoms with van der Waals surface area (Å²) in [6.45, 7) is 12.5. The van der Waals surface area contributed by atoms with Gasteiger partial charge >= 0.3 is 24.9 Å². The molecule has 3 saturated heterocycles. The van der Waals surface area contributed by atoms with E-state index in [1.807, 2.05) is 24.5 Å². The number of likely N-dealkylation sites (tertiary alicyclic amines) is 1. The predicted molar refractivity (Wildman–Crippen MR) is 215 cm³/mol. The number of hydrogen-bond acceptors (Lipinski definition) is 9. The fourth-order valence-corrected chi connectivity index (χ4v) is 8.13. The number of benzene rings is 3. The summed E-state index contributed by atoms with van der Waals surface area (Å²) in [5.74, 6) is 1.65. The SMILES string of the molecule is [CH2-]CNc1[c-]ncc(-c2ccc3cnc(Nc4ccc(C5CCN(CC6CCN(c7ccc(N8CCC(=O)NC8=O)cc7)CC6)CC5)cc4)nc3c2)c1C.[Li+]. The Morgan fingerprint density at radius 3 is 2.36 bits per heavy atom. The van der Waals surface area contributed by atoms with E-state index in [1.54, 1.807) is 4.90 Å². The van der Waals surface area contributed by atoms with Crippen LogP contribution in [0, 0.1) is 26.0 Å². The summed E-state index contributed by atoms with van der Waals surface area (Å²) in [5.41, 5.74) is 9.29. The number of carbonyl (C=O) groups is 2. The number of nitrogens with zero attached hydrogens (tertiary/aromatic N) is 6. The van der Waals surface area contributed by atoms with Crippen molar-refractivity contribution in [2.24, 2.45) is 5.92 Å². The van der Waals surface area contributed by atoms with Gasteiger partial charge in [0.2, 0.25) is 11.9 Å². The van der Waals surface area contributed by atoms with Crippen LogP contribution in [0.3, 0.4) is 0 Å². The maximum atomic E-state index is 12.2. The number of hydrogen-bond donors (Lipinski definition) is 3. The third-order valence-corrected chi connectivity index (χ3v) is 11.3. The number of pyridine rings is 1. The molecule has 3 N–H and O–H groups in total. The van der Waals surface area contributed by atoms with E-state index in [4.69, 9.17) is 4.98 Å².